The van der Waals surface area contributed by atoms with Crippen LogP contribution in [0, 0.1) is 5.82 Å². The van der Waals surface area contributed by atoms with Crippen molar-refractivity contribution in [1.29, 1.82) is 0 Å². The molecule has 0 bridgehead atoms. The highest BCUT2D eigenvalue weighted by Gasteiger charge is 2.28. The van der Waals surface area contributed by atoms with Crippen LogP contribution < -0.4 is 15.5 Å². The lowest BCUT2D eigenvalue weighted by Gasteiger charge is -2.36. The number of piperazine rings is 1. The molecule has 2 aromatic rings. The molecule has 1 aromatic heterocycles. The van der Waals surface area contributed by atoms with E-state index in [1.807, 2.05) is 0 Å². The smallest absolute Gasteiger partial charge is 0.248 e. The summed E-state index contributed by atoms with van der Waals surface area (Å²) >= 11 is 1.26. The van der Waals surface area contributed by atoms with Gasteiger partial charge in [0.1, 0.15) is 11.9 Å². The lowest BCUT2D eigenvalue weighted by atomic mass is 10.2. The van der Waals surface area contributed by atoms with Gasteiger partial charge in [0.05, 0.1) is 12.1 Å². The molecule has 8 nitrogen and oxygen atoms in total. The lowest BCUT2D eigenvalue weighted by Crippen LogP contribution is -2.49. The maximum Gasteiger partial charge on any atom is 0.248 e. The quantitative estimate of drug-likeness (QED) is 0.746. The fourth-order valence-corrected chi connectivity index (χ4v) is 4.29. The average Bonchev–Trinajstić information content (AvgIpc) is 3.37. The summed E-state index contributed by atoms with van der Waals surface area (Å²) in [5.41, 5.74) is 1.55. The number of carbonyl (C=O) groups excluding carboxylic acids is 3. The summed E-state index contributed by atoms with van der Waals surface area (Å²) in [5.74, 6) is -0.690. The first-order valence-corrected chi connectivity index (χ1v) is 10.7. The Labute approximate surface area is 177 Å². The van der Waals surface area contributed by atoms with Gasteiger partial charge in [-0.3, -0.25) is 14.4 Å². The van der Waals surface area contributed by atoms with E-state index >= 15 is 0 Å². The van der Waals surface area contributed by atoms with Crippen molar-refractivity contribution in [1.82, 2.24) is 15.2 Å². The summed E-state index contributed by atoms with van der Waals surface area (Å²) in [5, 5.41) is 7.50. The van der Waals surface area contributed by atoms with Crippen molar-refractivity contribution in [3.8, 4) is 0 Å². The van der Waals surface area contributed by atoms with E-state index in [0.717, 1.165) is 5.69 Å². The van der Waals surface area contributed by atoms with Gasteiger partial charge in [-0.25, -0.2) is 9.37 Å². The number of hydrogen-bond donors (Lipinski definition) is 2. The number of amides is 3. The van der Waals surface area contributed by atoms with Gasteiger partial charge in [0.15, 0.2) is 5.13 Å². The number of nitrogens with zero attached hydrogens (tertiary/aromatic N) is 3. The second-order valence-electron chi connectivity index (χ2n) is 7.31. The maximum atomic E-state index is 13.1. The van der Waals surface area contributed by atoms with Crippen molar-refractivity contribution in [2.45, 2.75) is 25.3 Å². The van der Waals surface area contributed by atoms with E-state index in [0.29, 0.717) is 49.8 Å². The van der Waals surface area contributed by atoms with Crippen LogP contribution in [0.15, 0.2) is 29.6 Å². The second-order valence-corrected chi connectivity index (χ2v) is 8.17. The first-order chi connectivity index (χ1) is 14.5. The van der Waals surface area contributed by atoms with E-state index in [1.54, 1.807) is 22.4 Å². The number of halogens is 1. The standard InChI is InChI=1S/C20H22FN5O3S/c21-13-1-3-15(4-2-13)25-7-9-26(10-8-25)18(28)11-14-12-30-20(22-14)24-19(29)16-5-6-17(27)23-16/h1-4,12,16H,5-11H2,(H,23,27)(H,22,24,29). The Morgan fingerprint density at radius 3 is 2.60 bits per heavy atom. The minimum Gasteiger partial charge on any atom is -0.368 e. The predicted octanol–water partition coefficient (Wildman–Crippen LogP) is 1.39. The zero-order valence-corrected chi connectivity index (χ0v) is 17.1. The fourth-order valence-electron chi connectivity index (χ4n) is 3.58. The number of benzene rings is 1. The molecule has 0 spiro atoms. The van der Waals surface area contributed by atoms with Gasteiger partial charge in [-0.15, -0.1) is 11.3 Å². The van der Waals surface area contributed by atoms with E-state index < -0.39 is 6.04 Å². The van der Waals surface area contributed by atoms with Crippen LogP contribution in [0.5, 0.6) is 0 Å². The van der Waals surface area contributed by atoms with E-state index in [-0.39, 0.29) is 30.0 Å². The Hall–Kier alpha value is -3.01. The second kappa shape index (κ2) is 8.78. The molecule has 10 heteroatoms. The van der Waals surface area contributed by atoms with Crippen LogP contribution in [0.25, 0.3) is 0 Å². The molecule has 30 heavy (non-hydrogen) atoms. The van der Waals surface area contributed by atoms with E-state index in [2.05, 4.69) is 20.5 Å². The number of hydrogen-bond acceptors (Lipinski definition) is 6. The number of anilines is 2. The van der Waals surface area contributed by atoms with Crippen LogP contribution in [-0.4, -0.2) is 59.8 Å². The molecule has 4 rings (SSSR count). The summed E-state index contributed by atoms with van der Waals surface area (Å²) in [6.45, 7) is 2.54. The van der Waals surface area contributed by atoms with Gasteiger partial charge in [0, 0.05) is 43.7 Å². The van der Waals surface area contributed by atoms with Crippen LogP contribution in [0.3, 0.4) is 0 Å². The lowest BCUT2D eigenvalue weighted by molar-refractivity contribution is -0.130. The number of aromatic nitrogens is 1. The fraction of sp³-hybridized carbons (Fsp3) is 0.400. The summed E-state index contributed by atoms with van der Waals surface area (Å²) < 4.78 is 13.1. The SMILES string of the molecule is O=C1CCC(C(=O)Nc2nc(CC(=O)N3CCN(c4ccc(F)cc4)CC3)cs2)N1. The van der Waals surface area contributed by atoms with Crippen LogP contribution in [0.1, 0.15) is 18.5 Å². The molecule has 3 amide bonds. The van der Waals surface area contributed by atoms with Gasteiger partial charge in [0.2, 0.25) is 17.7 Å². The molecule has 1 atom stereocenters. The van der Waals surface area contributed by atoms with Gasteiger partial charge in [-0.1, -0.05) is 0 Å². The van der Waals surface area contributed by atoms with Crippen molar-refractivity contribution in [3.63, 3.8) is 0 Å². The van der Waals surface area contributed by atoms with E-state index in [1.165, 1.54) is 23.5 Å². The summed E-state index contributed by atoms with van der Waals surface area (Å²) in [6, 6.07) is 5.84. The maximum absolute atomic E-state index is 13.1. The Balaban J connectivity index is 1.26. The molecule has 0 radical (unpaired) electrons. The van der Waals surface area contributed by atoms with Crippen LogP contribution in [-0.2, 0) is 20.8 Å². The molecule has 3 heterocycles. The molecule has 1 unspecified atom stereocenters. The summed E-state index contributed by atoms with van der Waals surface area (Å²) in [4.78, 5) is 44.3. The highest BCUT2D eigenvalue weighted by Crippen LogP contribution is 2.20. The molecule has 2 aliphatic heterocycles. The molecule has 2 aliphatic rings. The Bertz CT molecular complexity index is 940. The number of carbonyl (C=O) groups is 3. The molecule has 2 N–H and O–H groups in total. The van der Waals surface area contributed by atoms with Crippen molar-refractivity contribution in [2.75, 3.05) is 36.4 Å². The minimum absolute atomic E-state index is 0.0139. The minimum atomic E-state index is -0.524. The third-order valence-electron chi connectivity index (χ3n) is 5.25. The first-order valence-electron chi connectivity index (χ1n) is 9.81. The van der Waals surface area contributed by atoms with Crippen LogP contribution in [0.4, 0.5) is 15.2 Å². The molecule has 158 valence electrons. The largest absolute Gasteiger partial charge is 0.368 e. The van der Waals surface area contributed by atoms with Gasteiger partial charge >= 0.3 is 0 Å². The monoisotopic (exact) mass is 431 g/mol. The molecule has 0 aliphatic carbocycles. The number of rotatable bonds is 5. The zero-order chi connectivity index (χ0) is 21.1. The summed E-state index contributed by atoms with van der Waals surface area (Å²) in [7, 11) is 0. The van der Waals surface area contributed by atoms with Gasteiger partial charge < -0.3 is 20.4 Å². The van der Waals surface area contributed by atoms with Crippen LogP contribution in [0.2, 0.25) is 0 Å². The number of thiazole rings is 1. The summed E-state index contributed by atoms with van der Waals surface area (Å²) in [6.07, 6.45) is 0.999. The van der Waals surface area contributed by atoms with Gasteiger partial charge in [-0.2, -0.15) is 0 Å². The van der Waals surface area contributed by atoms with Crippen molar-refractivity contribution in [3.05, 3.63) is 41.2 Å². The zero-order valence-electron chi connectivity index (χ0n) is 16.3. The Morgan fingerprint density at radius 2 is 1.93 bits per heavy atom. The molecule has 0 saturated carbocycles. The third kappa shape index (κ3) is 4.76. The number of nitrogens with one attached hydrogen (secondary N) is 2. The van der Waals surface area contributed by atoms with Crippen molar-refractivity contribution in [2.24, 2.45) is 0 Å². The van der Waals surface area contributed by atoms with Gasteiger partial charge in [-0.05, 0) is 30.7 Å². The average molecular weight is 431 g/mol. The highest BCUT2D eigenvalue weighted by molar-refractivity contribution is 7.13. The van der Waals surface area contributed by atoms with E-state index in [9.17, 15) is 18.8 Å². The molecule has 1 aromatic carbocycles. The third-order valence-corrected chi connectivity index (χ3v) is 6.06. The topological polar surface area (TPSA) is 94.6 Å². The van der Waals surface area contributed by atoms with Crippen molar-refractivity contribution < 1.29 is 18.8 Å². The predicted molar refractivity (Wildman–Crippen MR) is 111 cm³/mol. The molecule has 2 fully saturated rings. The normalized spacial score (nSPS) is 19.0. The highest BCUT2D eigenvalue weighted by atomic mass is 32.1. The van der Waals surface area contributed by atoms with Gasteiger partial charge in [0.25, 0.3) is 0 Å². The molecule has 2 saturated heterocycles. The molecular formula is C20H22FN5O3S. The van der Waals surface area contributed by atoms with Crippen molar-refractivity contribution >= 4 is 39.9 Å². The van der Waals surface area contributed by atoms with Crippen LogP contribution >= 0.6 is 11.3 Å². The Kier molecular flexibility index (Phi) is 5.93. The molecular weight excluding hydrogens is 409 g/mol. The first kappa shape index (κ1) is 20.3. The Morgan fingerprint density at radius 1 is 1.20 bits per heavy atom. The van der Waals surface area contributed by atoms with E-state index in [4.69, 9.17) is 0 Å².